The number of piperidine rings is 1. The summed E-state index contributed by atoms with van der Waals surface area (Å²) < 4.78 is 58.9. The minimum absolute atomic E-state index is 0.0143. The second-order valence-electron chi connectivity index (χ2n) is 11.4. The van der Waals surface area contributed by atoms with E-state index in [2.05, 4.69) is 20.9 Å². The molecule has 42 heavy (non-hydrogen) atoms. The summed E-state index contributed by atoms with van der Waals surface area (Å²) in [6.45, 7) is 5.32. The van der Waals surface area contributed by atoms with Crippen LogP contribution in [0, 0.1) is 17.2 Å². The second kappa shape index (κ2) is 12.1. The Morgan fingerprint density at radius 2 is 1.88 bits per heavy atom. The van der Waals surface area contributed by atoms with E-state index in [9.17, 15) is 22.1 Å². The number of aromatic nitrogens is 3. The van der Waals surface area contributed by atoms with Crippen LogP contribution in [0.25, 0.3) is 0 Å². The molecule has 0 radical (unpaired) electrons. The molecule has 1 atom stereocenters. The SMILES string of the molecule is CC(C)S(=O)(=O)N1CCC(CN(C2Cc3cc(C#N)ccc3N(Cc3cncn3C)C2)S(=O)(=O)c2ccccn2)CC1. The fourth-order valence-corrected chi connectivity index (χ4v) is 8.78. The highest BCUT2D eigenvalue weighted by Gasteiger charge is 2.39. The molecule has 5 rings (SSSR count). The summed E-state index contributed by atoms with van der Waals surface area (Å²) in [5.41, 5.74) is 3.37. The Morgan fingerprint density at radius 1 is 1.12 bits per heavy atom. The lowest BCUT2D eigenvalue weighted by molar-refractivity contribution is 0.207. The smallest absolute Gasteiger partial charge is 0.260 e. The molecule has 0 saturated carbocycles. The van der Waals surface area contributed by atoms with Gasteiger partial charge in [0.25, 0.3) is 10.0 Å². The summed E-state index contributed by atoms with van der Waals surface area (Å²) in [5, 5.41) is 9.08. The zero-order valence-corrected chi connectivity index (χ0v) is 25.8. The molecule has 1 unspecified atom stereocenters. The molecule has 2 aliphatic heterocycles. The topological polar surface area (TPSA) is 132 Å². The van der Waals surface area contributed by atoms with Crippen LogP contribution in [0.1, 0.15) is 43.5 Å². The van der Waals surface area contributed by atoms with E-state index in [-0.39, 0.29) is 17.5 Å². The monoisotopic (exact) mass is 611 g/mol. The number of rotatable bonds is 9. The maximum Gasteiger partial charge on any atom is 0.260 e. The summed E-state index contributed by atoms with van der Waals surface area (Å²) >= 11 is 0. The van der Waals surface area contributed by atoms with E-state index in [0.29, 0.717) is 51.0 Å². The van der Waals surface area contributed by atoms with Crippen molar-refractivity contribution in [3.63, 3.8) is 0 Å². The minimum atomic E-state index is -3.99. The van der Waals surface area contributed by atoms with Gasteiger partial charge in [-0.1, -0.05) is 6.07 Å². The first-order valence-electron chi connectivity index (χ1n) is 14.2. The molecule has 0 spiro atoms. The van der Waals surface area contributed by atoms with Crippen molar-refractivity contribution >= 4 is 25.7 Å². The van der Waals surface area contributed by atoms with Crippen molar-refractivity contribution in [3.8, 4) is 6.07 Å². The Labute approximate surface area is 248 Å². The Bertz CT molecular complexity index is 1660. The van der Waals surface area contributed by atoms with Gasteiger partial charge in [-0.05, 0) is 74.9 Å². The molecule has 1 saturated heterocycles. The third-order valence-corrected chi connectivity index (χ3v) is 12.4. The van der Waals surface area contributed by atoms with Crippen molar-refractivity contribution in [3.05, 3.63) is 71.9 Å². The van der Waals surface area contributed by atoms with Crippen molar-refractivity contribution in [2.45, 2.75) is 56.0 Å². The average Bonchev–Trinajstić information content (AvgIpc) is 3.39. The molecule has 11 nitrogen and oxygen atoms in total. The number of nitriles is 1. The minimum Gasteiger partial charge on any atom is -0.364 e. The molecule has 0 bridgehead atoms. The van der Waals surface area contributed by atoms with Crippen molar-refractivity contribution in [2.24, 2.45) is 13.0 Å². The van der Waals surface area contributed by atoms with E-state index >= 15 is 0 Å². The fraction of sp³-hybridized carbons (Fsp3) is 0.483. The number of benzene rings is 1. The van der Waals surface area contributed by atoms with Crippen molar-refractivity contribution < 1.29 is 16.8 Å². The van der Waals surface area contributed by atoms with Crippen molar-refractivity contribution in [1.29, 1.82) is 5.26 Å². The number of fused-ring (bicyclic) bond motifs is 1. The van der Waals surface area contributed by atoms with Crippen molar-refractivity contribution in [2.75, 3.05) is 31.1 Å². The molecule has 2 aromatic heterocycles. The maximum atomic E-state index is 14.2. The van der Waals surface area contributed by atoms with Gasteiger partial charge in [-0.15, -0.1) is 0 Å². The summed E-state index contributed by atoms with van der Waals surface area (Å²) in [5.74, 6) is -0.0144. The zero-order valence-electron chi connectivity index (χ0n) is 24.2. The van der Waals surface area contributed by atoms with Gasteiger partial charge in [-0.3, -0.25) is 0 Å². The lowest BCUT2D eigenvalue weighted by atomic mass is 9.94. The fourth-order valence-electron chi connectivity index (χ4n) is 5.84. The van der Waals surface area contributed by atoms with E-state index < -0.39 is 31.3 Å². The predicted molar refractivity (Wildman–Crippen MR) is 159 cm³/mol. The Hall–Kier alpha value is -3.31. The van der Waals surface area contributed by atoms with Gasteiger partial charge in [-0.2, -0.15) is 9.57 Å². The molecule has 13 heteroatoms. The largest absolute Gasteiger partial charge is 0.364 e. The van der Waals surface area contributed by atoms with Gasteiger partial charge in [0, 0.05) is 57.3 Å². The van der Waals surface area contributed by atoms with Gasteiger partial charge in [0.1, 0.15) is 0 Å². The highest BCUT2D eigenvalue weighted by molar-refractivity contribution is 7.89. The van der Waals surface area contributed by atoms with E-state index in [1.807, 2.05) is 23.7 Å². The number of nitrogens with zero attached hydrogens (tertiary/aromatic N) is 7. The summed E-state index contributed by atoms with van der Waals surface area (Å²) in [6, 6.07) is 12.2. The normalized spacial score (nSPS) is 18.8. The zero-order chi connectivity index (χ0) is 30.1. The first kappa shape index (κ1) is 30.2. The lowest BCUT2D eigenvalue weighted by Gasteiger charge is -2.42. The average molecular weight is 612 g/mol. The van der Waals surface area contributed by atoms with Gasteiger partial charge in [0.2, 0.25) is 10.0 Å². The van der Waals surface area contributed by atoms with Crippen LogP contribution in [0.2, 0.25) is 0 Å². The molecule has 224 valence electrons. The van der Waals surface area contributed by atoms with E-state index in [1.165, 1.54) is 16.6 Å². The number of anilines is 1. The molecule has 1 aromatic carbocycles. The van der Waals surface area contributed by atoms with Crippen LogP contribution < -0.4 is 4.90 Å². The number of pyridine rings is 1. The third-order valence-electron chi connectivity index (χ3n) is 8.29. The highest BCUT2D eigenvalue weighted by atomic mass is 32.2. The Balaban J connectivity index is 1.48. The van der Waals surface area contributed by atoms with Gasteiger partial charge in [0.05, 0.1) is 35.4 Å². The Kier molecular flexibility index (Phi) is 8.71. The molecule has 0 aliphatic carbocycles. The van der Waals surface area contributed by atoms with Crippen LogP contribution in [0.4, 0.5) is 5.69 Å². The van der Waals surface area contributed by atoms with Gasteiger partial charge in [0.15, 0.2) is 5.03 Å². The first-order valence-corrected chi connectivity index (χ1v) is 17.1. The predicted octanol–water partition coefficient (Wildman–Crippen LogP) is 2.76. The lowest BCUT2D eigenvalue weighted by Crippen LogP contribution is -2.53. The summed E-state index contributed by atoms with van der Waals surface area (Å²) in [6.07, 6.45) is 6.60. The van der Waals surface area contributed by atoms with Gasteiger partial charge < -0.3 is 9.47 Å². The molecular weight excluding hydrogens is 574 g/mol. The maximum absolute atomic E-state index is 14.2. The van der Waals surface area contributed by atoms with Crippen molar-refractivity contribution in [1.82, 2.24) is 23.1 Å². The van der Waals surface area contributed by atoms with E-state index in [0.717, 1.165) is 16.9 Å². The van der Waals surface area contributed by atoms with E-state index in [1.54, 1.807) is 48.9 Å². The third kappa shape index (κ3) is 6.08. The standard InChI is InChI=1S/C29H37N7O4S2/c1-22(2)41(37,38)35-12-9-23(10-13-35)18-36(42(39,40)29-6-4-5-11-32-29)26-15-25-14-24(16-30)7-8-28(25)34(19-26)20-27-17-31-21-33(27)3/h4-8,11,14,17,21-23,26H,9-10,12-13,15,18-20H2,1-3H3. The molecule has 1 fully saturated rings. The first-order chi connectivity index (χ1) is 20.0. The van der Waals surface area contributed by atoms with Gasteiger partial charge in [-0.25, -0.2) is 31.1 Å². The van der Waals surface area contributed by atoms with E-state index in [4.69, 9.17) is 0 Å². The molecular formula is C29H37N7O4S2. The molecule has 0 N–H and O–H groups in total. The number of imidazole rings is 1. The van der Waals surface area contributed by atoms with Crippen LogP contribution in [0.15, 0.2) is 60.1 Å². The van der Waals surface area contributed by atoms with Crippen LogP contribution >= 0.6 is 0 Å². The quantitative estimate of drug-likeness (QED) is 0.361. The molecule has 4 heterocycles. The number of hydrogen-bond acceptors (Lipinski definition) is 8. The van der Waals surface area contributed by atoms with Crippen LogP contribution in [0.3, 0.4) is 0 Å². The Morgan fingerprint density at radius 3 is 2.50 bits per heavy atom. The molecule has 3 aromatic rings. The summed E-state index contributed by atoms with van der Waals surface area (Å²) in [4.78, 5) is 10.6. The molecule has 2 aliphatic rings. The van der Waals surface area contributed by atoms with Gasteiger partial charge >= 0.3 is 0 Å². The van der Waals surface area contributed by atoms with Crippen LogP contribution in [-0.2, 0) is 40.1 Å². The molecule has 0 amide bonds. The van der Waals surface area contributed by atoms with Crippen LogP contribution in [0.5, 0.6) is 0 Å². The number of hydrogen-bond donors (Lipinski definition) is 0. The number of aryl methyl sites for hydroxylation is 1. The summed E-state index contributed by atoms with van der Waals surface area (Å²) in [7, 11) is -5.43. The van der Waals surface area contributed by atoms with Crippen LogP contribution in [-0.4, -0.2) is 77.5 Å². The highest BCUT2D eigenvalue weighted by Crippen LogP contribution is 2.34. The number of sulfonamides is 2. The second-order valence-corrected chi connectivity index (χ2v) is 15.7.